The average Bonchev–Trinajstić information content (AvgIpc) is 2.26. The fourth-order valence-electron chi connectivity index (χ4n) is 1.34. The zero-order valence-electron chi connectivity index (χ0n) is 8.69. The molecule has 0 bridgehead atoms. The van der Waals surface area contributed by atoms with E-state index in [-0.39, 0.29) is 0 Å². The number of rotatable bonds is 5. The minimum absolute atomic E-state index is 0.628. The van der Waals surface area contributed by atoms with Gasteiger partial charge >= 0.3 is 92.1 Å². The fourth-order valence-corrected chi connectivity index (χ4v) is 2.93. The first-order chi connectivity index (χ1) is 6.81. The summed E-state index contributed by atoms with van der Waals surface area (Å²) in [5.74, 6) is 3.19. The second-order valence-corrected chi connectivity index (χ2v) is 5.20. The molecule has 0 aliphatic rings. The number of ether oxygens (including phenoxy) is 1. The van der Waals surface area contributed by atoms with Crippen LogP contribution in [0.5, 0.6) is 5.75 Å². The van der Waals surface area contributed by atoms with Gasteiger partial charge in [-0.05, 0) is 0 Å². The molecule has 0 aliphatic carbocycles. The third-order valence-electron chi connectivity index (χ3n) is 2.15. The Kier molecular flexibility index (Phi) is 4.78. The summed E-state index contributed by atoms with van der Waals surface area (Å²) in [6.07, 6.45) is 3.07. The zero-order chi connectivity index (χ0) is 10.4. The van der Waals surface area contributed by atoms with Gasteiger partial charge < -0.3 is 0 Å². The van der Waals surface area contributed by atoms with Crippen molar-refractivity contribution in [3.8, 4) is 5.75 Å². The summed E-state index contributed by atoms with van der Waals surface area (Å²) < 4.78 is 5.13. The van der Waals surface area contributed by atoms with Crippen LogP contribution >= 0.6 is 0 Å². The Morgan fingerprint density at radius 1 is 1.43 bits per heavy atom. The van der Waals surface area contributed by atoms with E-state index in [1.165, 1.54) is 5.56 Å². The second kappa shape index (κ2) is 5.89. The summed E-state index contributed by atoms with van der Waals surface area (Å²) in [5, 5.41) is 0. The molecule has 1 unspecified atom stereocenters. The molecule has 2 heteroatoms. The second-order valence-electron chi connectivity index (χ2n) is 3.02. The molecule has 0 aromatic heterocycles. The number of hydrogen-bond acceptors (Lipinski definition) is 1. The molecular weight excluding hydrogens is 239 g/mol. The molecule has 76 valence electrons. The van der Waals surface area contributed by atoms with Gasteiger partial charge in [-0.3, -0.25) is 0 Å². The van der Waals surface area contributed by atoms with Gasteiger partial charge in [0.25, 0.3) is 0 Å². The van der Waals surface area contributed by atoms with Crippen molar-refractivity contribution < 1.29 is 4.74 Å². The van der Waals surface area contributed by atoms with E-state index in [1.54, 1.807) is 7.11 Å². The number of allylic oxidation sites excluding steroid dienone is 1. The van der Waals surface area contributed by atoms with E-state index in [0.29, 0.717) is 19.8 Å². The maximum absolute atomic E-state index is 5.13. The van der Waals surface area contributed by atoms with Crippen molar-refractivity contribution >= 4 is 15.0 Å². The topological polar surface area (TPSA) is 9.23 Å². The van der Waals surface area contributed by atoms with Gasteiger partial charge in [-0.1, -0.05) is 0 Å². The number of hydrogen-bond donors (Lipinski definition) is 0. The molecule has 0 fully saturated rings. The van der Waals surface area contributed by atoms with Crippen molar-refractivity contribution in [2.75, 3.05) is 7.11 Å². The molecule has 0 spiro atoms. The maximum atomic E-state index is 5.13. The van der Waals surface area contributed by atoms with E-state index in [2.05, 4.69) is 24.5 Å². The van der Waals surface area contributed by atoms with E-state index in [4.69, 9.17) is 4.74 Å². The first-order valence-corrected chi connectivity index (χ1v) is 7.29. The van der Waals surface area contributed by atoms with Crippen LogP contribution in [-0.4, -0.2) is 22.1 Å². The van der Waals surface area contributed by atoms with Gasteiger partial charge in [-0.15, -0.1) is 0 Å². The standard InChI is InChI=1S/C12H16OSe/c1-4-5-12(14-3)10-6-8-11(13-2)9-7-10/h4,6-9,12H,1,5H2,2-3H3. The molecule has 1 rings (SSSR count). The van der Waals surface area contributed by atoms with Gasteiger partial charge in [0.2, 0.25) is 0 Å². The summed E-state index contributed by atoms with van der Waals surface area (Å²) in [6.45, 7) is 3.79. The molecule has 1 nitrogen and oxygen atoms in total. The molecule has 0 aliphatic heterocycles. The molecule has 0 heterocycles. The Hall–Kier alpha value is -0.721. The van der Waals surface area contributed by atoms with Crippen molar-refractivity contribution in [1.82, 2.24) is 0 Å². The van der Waals surface area contributed by atoms with Crippen LogP contribution in [0, 0.1) is 0 Å². The van der Waals surface area contributed by atoms with Crippen LogP contribution in [0.4, 0.5) is 0 Å². The molecular formula is C12H16OSe. The molecule has 0 amide bonds. The molecule has 14 heavy (non-hydrogen) atoms. The third kappa shape index (κ3) is 2.90. The van der Waals surface area contributed by atoms with Gasteiger partial charge in [0.15, 0.2) is 0 Å². The van der Waals surface area contributed by atoms with E-state index in [0.717, 1.165) is 12.2 Å². The van der Waals surface area contributed by atoms with Gasteiger partial charge in [0.1, 0.15) is 0 Å². The first kappa shape index (κ1) is 11.4. The van der Waals surface area contributed by atoms with Crippen LogP contribution in [0.25, 0.3) is 0 Å². The Bertz CT molecular complexity index is 279. The summed E-state index contributed by atoms with van der Waals surface area (Å²) in [7, 11) is 1.69. The van der Waals surface area contributed by atoms with Crippen LogP contribution in [0.2, 0.25) is 5.82 Å². The predicted octanol–water partition coefficient (Wildman–Crippen LogP) is 3.06. The van der Waals surface area contributed by atoms with Gasteiger partial charge in [0, 0.05) is 0 Å². The van der Waals surface area contributed by atoms with E-state index >= 15 is 0 Å². The molecule has 0 saturated carbocycles. The Morgan fingerprint density at radius 2 is 2.07 bits per heavy atom. The molecule has 1 aromatic rings. The molecule has 1 aromatic carbocycles. The van der Waals surface area contributed by atoms with Gasteiger partial charge in [-0.2, -0.15) is 0 Å². The summed E-state index contributed by atoms with van der Waals surface area (Å²) in [4.78, 5) is 0.658. The van der Waals surface area contributed by atoms with Crippen molar-refractivity contribution in [1.29, 1.82) is 0 Å². The SMILES string of the molecule is C=CCC([Se]C)c1ccc(OC)cc1. The summed E-state index contributed by atoms with van der Waals surface area (Å²) in [5.41, 5.74) is 1.40. The van der Waals surface area contributed by atoms with Gasteiger partial charge in [-0.25, -0.2) is 0 Å². The molecule has 1 atom stereocenters. The van der Waals surface area contributed by atoms with Crippen LogP contribution in [0.1, 0.15) is 16.8 Å². The quantitative estimate of drug-likeness (QED) is 0.580. The number of benzene rings is 1. The molecule has 0 N–H and O–H groups in total. The van der Waals surface area contributed by atoms with Crippen molar-refractivity contribution in [3.63, 3.8) is 0 Å². The van der Waals surface area contributed by atoms with E-state index < -0.39 is 0 Å². The Morgan fingerprint density at radius 3 is 2.50 bits per heavy atom. The Balaban J connectivity index is 2.77. The fraction of sp³-hybridized carbons (Fsp3) is 0.333. The normalized spacial score (nSPS) is 12.1. The van der Waals surface area contributed by atoms with Crippen LogP contribution in [0.15, 0.2) is 36.9 Å². The van der Waals surface area contributed by atoms with Crippen molar-refractivity contribution in [2.24, 2.45) is 0 Å². The average molecular weight is 255 g/mol. The summed E-state index contributed by atoms with van der Waals surface area (Å²) >= 11 is 0.628. The zero-order valence-corrected chi connectivity index (χ0v) is 10.4. The van der Waals surface area contributed by atoms with Crippen molar-refractivity contribution in [3.05, 3.63) is 42.5 Å². The van der Waals surface area contributed by atoms with Crippen LogP contribution < -0.4 is 4.74 Å². The predicted molar refractivity (Wildman–Crippen MR) is 62.2 cm³/mol. The molecule has 0 radical (unpaired) electrons. The van der Waals surface area contributed by atoms with E-state index in [9.17, 15) is 0 Å². The van der Waals surface area contributed by atoms with Crippen LogP contribution in [0.3, 0.4) is 0 Å². The van der Waals surface area contributed by atoms with Crippen LogP contribution in [-0.2, 0) is 0 Å². The summed E-state index contributed by atoms with van der Waals surface area (Å²) in [6, 6.07) is 8.35. The number of methoxy groups -OCH3 is 1. The van der Waals surface area contributed by atoms with Gasteiger partial charge in [0.05, 0.1) is 0 Å². The third-order valence-corrected chi connectivity index (χ3v) is 4.32. The van der Waals surface area contributed by atoms with Crippen molar-refractivity contribution in [2.45, 2.75) is 17.1 Å². The monoisotopic (exact) mass is 256 g/mol. The first-order valence-electron chi connectivity index (χ1n) is 4.59. The Labute approximate surface area is 92.3 Å². The minimum atomic E-state index is 0.628. The molecule has 0 saturated heterocycles. The van der Waals surface area contributed by atoms with E-state index in [1.807, 2.05) is 18.2 Å².